The first kappa shape index (κ1) is 13.1. The Kier molecular flexibility index (Phi) is 11.3. The Hall–Kier alpha value is -0.530. The molecule has 0 saturated heterocycles. The topological polar surface area (TPSA) is 29.1 Å². The molecule has 1 amide bonds. The number of rotatable bonds is 3. The number of carbonyl (C=O) groups excluding carboxylic acids is 1. The number of hydrogen-bond donors (Lipinski definition) is 1. The normalized spacial score (nSPS) is 14.6. The Labute approximate surface area is 72.8 Å². The highest BCUT2D eigenvalue weighted by molar-refractivity contribution is 5.78. The SMILES string of the molecule is C.C.[3H]C(C)C(C)C(=O)NCC. The van der Waals surface area contributed by atoms with Crippen LogP contribution in [0.1, 0.15) is 43.4 Å². The molecular weight excluding hydrogens is 138 g/mol. The van der Waals surface area contributed by atoms with Gasteiger partial charge in [-0.3, -0.25) is 4.79 Å². The van der Waals surface area contributed by atoms with Crippen LogP contribution in [0.4, 0.5) is 0 Å². The van der Waals surface area contributed by atoms with Crippen molar-refractivity contribution in [3.8, 4) is 0 Å². The van der Waals surface area contributed by atoms with Crippen molar-refractivity contribution in [3.63, 3.8) is 0 Å². The van der Waals surface area contributed by atoms with Gasteiger partial charge in [-0.1, -0.05) is 28.7 Å². The van der Waals surface area contributed by atoms with Gasteiger partial charge < -0.3 is 5.32 Å². The lowest BCUT2D eigenvalue weighted by Gasteiger charge is -2.06. The predicted molar refractivity (Wildman–Crippen MR) is 51.6 cm³/mol. The Morgan fingerprint density at radius 1 is 1.55 bits per heavy atom. The van der Waals surface area contributed by atoms with E-state index in [1.165, 1.54) is 0 Å². The molecule has 0 rings (SSSR count). The second-order valence-electron chi connectivity index (χ2n) is 2.02. The van der Waals surface area contributed by atoms with Gasteiger partial charge in [0.05, 0.1) is 0 Å². The molecule has 0 aliphatic heterocycles. The molecule has 0 aromatic carbocycles. The zero-order valence-corrected chi connectivity index (χ0v) is 6.27. The molecule has 0 aromatic rings. The molecule has 0 bridgehead atoms. The van der Waals surface area contributed by atoms with Crippen molar-refractivity contribution in [2.75, 3.05) is 6.54 Å². The van der Waals surface area contributed by atoms with Crippen LogP contribution in [0.3, 0.4) is 0 Å². The number of hydrogen-bond acceptors (Lipinski definition) is 1. The summed E-state index contributed by atoms with van der Waals surface area (Å²) in [5.74, 6) is -0.218. The van der Waals surface area contributed by atoms with Gasteiger partial charge in [0.2, 0.25) is 5.91 Å². The minimum atomic E-state index is -0.313. The molecule has 0 fully saturated rings. The molecule has 0 aliphatic carbocycles. The van der Waals surface area contributed by atoms with Gasteiger partial charge >= 0.3 is 0 Å². The Morgan fingerprint density at radius 3 is 2.27 bits per heavy atom. The van der Waals surface area contributed by atoms with Gasteiger partial charge in [-0.05, 0) is 13.3 Å². The first-order valence-corrected chi connectivity index (χ1v) is 3.29. The van der Waals surface area contributed by atoms with Gasteiger partial charge in [0.1, 0.15) is 0 Å². The molecule has 0 spiro atoms. The van der Waals surface area contributed by atoms with Crippen molar-refractivity contribution < 1.29 is 6.17 Å². The van der Waals surface area contributed by atoms with E-state index in [0.717, 1.165) is 0 Å². The molecule has 0 heterocycles. The lowest BCUT2D eigenvalue weighted by Crippen LogP contribution is -2.28. The maximum absolute atomic E-state index is 11.0. The molecule has 2 unspecified atom stereocenters. The summed E-state index contributed by atoms with van der Waals surface area (Å²) in [7, 11) is 0. The summed E-state index contributed by atoms with van der Waals surface area (Å²) in [5.41, 5.74) is 0. The Bertz CT molecular complexity index is 115. The molecule has 70 valence electrons. The largest absolute Gasteiger partial charge is 0.356 e. The van der Waals surface area contributed by atoms with Crippen molar-refractivity contribution in [2.24, 2.45) is 5.92 Å². The Morgan fingerprint density at radius 2 is 2.00 bits per heavy atom. The monoisotopic (exact) mass is 163 g/mol. The van der Waals surface area contributed by atoms with E-state index >= 15 is 0 Å². The highest BCUT2D eigenvalue weighted by Crippen LogP contribution is 1.98. The van der Waals surface area contributed by atoms with E-state index < -0.39 is 0 Å². The van der Waals surface area contributed by atoms with Crippen molar-refractivity contribution in [1.82, 2.24) is 5.32 Å². The van der Waals surface area contributed by atoms with E-state index in [9.17, 15) is 4.79 Å². The van der Waals surface area contributed by atoms with Gasteiger partial charge in [0.15, 0.2) is 0 Å². The third-order valence-corrected chi connectivity index (χ3v) is 1.26. The third kappa shape index (κ3) is 7.37. The fourth-order valence-corrected chi connectivity index (χ4v) is 0.487. The number of carbonyl (C=O) groups is 1. The standard InChI is InChI=1S/C7H15NO.2CH4/c1-4-6(3)7(9)8-5-2;;/h6H,4-5H2,1-3H3,(H,8,9);2*1H4/i4T;;. The lowest BCUT2D eigenvalue weighted by atomic mass is 10.1. The summed E-state index contributed by atoms with van der Waals surface area (Å²) >= 11 is 0. The van der Waals surface area contributed by atoms with Crippen molar-refractivity contribution >= 4 is 5.91 Å². The van der Waals surface area contributed by atoms with Crippen LogP contribution in [0, 0.1) is 5.92 Å². The second kappa shape index (κ2) is 9.47. The highest BCUT2D eigenvalue weighted by atomic mass is 16.1. The predicted octanol–water partition coefficient (Wildman–Crippen LogP) is 2.44. The summed E-state index contributed by atoms with van der Waals surface area (Å²) in [6.07, 6.45) is -0.313. The first-order valence-electron chi connectivity index (χ1n) is 3.87. The summed E-state index contributed by atoms with van der Waals surface area (Å²) in [6.45, 7) is 6.01. The van der Waals surface area contributed by atoms with E-state index in [1.807, 2.05) is 6.92 Å². The van der Waals surface area contributed by atoms with Gasteiger partial charge in [0.25, 0.3) is 0 Å². The van der Waals surface area contributed by atoms with Crippen molar-refractivity contribution in [2.45, 2.75) is 42.0 Å². The highest BCUT2D eigenvalue weighted by Gasteiger charge is 2.06. The smallest absolute Gasteiger partial charge is 0.222 e. The van der Waals surface area contributed by atoms with Gasteiger partial charge in [-0.25, -0.2) is 0 Å². The van der Waals surface area contributed by atoms with E-state index in [1.54, 1.807) is 13.8 Å². The average molecular weight is 163 g/mol. The summed E-state index contributed by atoms with van der Waals surface area (Å²) < 4.78 is 7.23. The van der Waals surface area contributed by atoms with E-state index in [0.29, 0.717) is 6.54 Å². The molecular formula is C9H23NO. The second-order valence-corrected chi connectivity index (χ2v) is 2.02. The molecule has 0 aromatic heterocycles. The number of nitrogens with one attached hydrogen (secondary N) is 1. The summed E-state index contributed by atoms with van der Waals surface area (Å²) in [5, 5.41) is 2.67. The quantitative estimate of drug-likeness (QED) is 0.680. The maximum atomic E-state index is 11.0. The summed E-state index contributed by atoms with van der Waals surface area (Å²) in [4.78, 5) is 11.0. The zero-order valence-electron chi connectivity index (χ0n) is 7.27. The minimum Gasteiger partial charge on any atom is -0.356 e. The van der Waals surface area contributed by atoms with E-state index in [4.69, 9.17) is 1.37 Å². The van der Waals surface area contributed by atoms with Crippen molar-refractivity contribution in [1.29, 1.82) is 0 Å². The molecule has 11 heavy (non-hydrogen) atoms. The van der Waals surface area contributed by atoms with Crippen LogP contribution in [-0.2, 0) is 4.79 Å². The molecule has 0 radical (unpaired) electrons. The van der Waals surface area contributed by atoms with E-state index in [2.05, 4.69) is 5.32 Å². The third-order valence-electron chi connectivity index (χ3n) is 1.26. The van der Waals surface area contributed by atoms with E-state index in [-0.39, 0.29) is 33.1 Å². The summed E-state index contributed by atoms with van der Waals surface area (Å²) in [6, 6.07) is 0. The van der Waals surface area contributed by atoms with Gasteiger partial charge in [-0.15, -0.1) is 0 Å². The fraction of sp³-hybridized carbons (Fsp3) is 0.889. The molecule has 0 aliphatic rings. The zero-order chi connectivity index (χ0) is 8.15. The van der Waals surface area contributed by atoms with Gasteiger partial charge in [0, 0.05) is 13.8 Å². The van der Waals surface area contributed by atoms with Crippen LogP contribution >= 0.6 is 0 Å². The maximum Gasteiger partial charge on any atom is 0.222 e. The van der Waals surface area contributed by atoms with Gasteiger partial charge in [-0.2, -0.15) is 0 Å². The lowest BCUT2D eigenvalue weighted by molar-refractivity contribution is -0.124. The fourth-order valence-electron chi connectivity index (χ4n) is 0.487. The van der Waals surface area contributed by atoms with Crippen LogP contribution in [0.15, 0.2) is 0 Å². The molecule has 0 saturated carbocycles. The number of amides is 1. The molecule has 2 nitrogen and oxygen atoms in total. The Balaban J connectivity index is -0.000000405. The van der Waals surface area contributed by atoms with Crippen LogP contribution in [-0.4, -0.2) is 12.5 Å². The first-order chi connectivity index (χ1) is 4.59. The average Bonchev–Trinajstić information content (AvgIpc) is 1.87. The van der Waals surface area contributed by atoms with Crippen LogP contribution < -0.4 is 5.32 Å². The molecule has 2 atom stereocenters. The van der Waals surface area contributed by atoms with Crippen molar-refractivity contribution in [3.05, 3.63) is 0 Å². The molecule has 1 N–H and O–H groups in total. The van der Waals surface area contributed by atoms with Crippen LogP contribution in [0.25, 0.3) is 0 Å². The van der Waals surface area contributed by atoms with Crippen LogP contribution in [0.5, 0.6) is 0 Å². The van der Waals surface area contributed by atoms with Crippen LogP contribution in [0.2, 0.25) is 0 Å². The molecule has 2 heteroatoms. The minimum absolute atomic E-state index is 0.